The summed E-state index contributed by atoms with van der Waals surface area (Å²) >= 11 is 1.43. The van der Waals surface area contributed by atoms with Crippen molar-refractivity contribution in [3.8, 4) is 11.5 Å². The number of hydrogen-bond donors (Lipinski definition) is 0. The van der Waals surface area contributed by atoms with Crippen LogP contribution in [0.5, 0.6) is 11.5 Å². The summed E-state index contributed by atoms with van der Waals surface area (Å²) in [7, 11) is 4.97. The maximum absolute atomic E-state index is 13.8. The molecule has 0 aromatic heterocycles. The van der Waals surface area contributed by atoms with Gasteiger partial charge in [-0.05, 0) is 35.6 Å². The van der Waals surface area contributed by atoms with Crippen molar-refractivity contribution in [2.24, 2.45) is 4.99 Å². The van der Waals surface area contributed by atoms with Crippen LogP contribution in [0.15, 0.2) is 106 Å². The average Bonchev–Trinajstić information content (AvgIpc) is 3.41. The van der Waals surface area contributed by atoms with Crippen LogP contribution in [0.1, 0.15) is 36.1 Å². The Morgan fingerprint density at radius 2 is 1.64 bits per heavy atom. The molecule has 2 heterocycles. The third-order valence-corrected chi connectivity index (χ3v) is 8.08. The van der Waals surface area contributed by atoms with Crippen molar-refractivity contribution in [2.45, 2.75) is 32.5 Å². The minimum Gasteiger partial charge on any atom is -0.497 e. The Bertz CT molecular complexity index is 1550. The number of hydrogen-bond acceptors (Lipinski definition) is 8. The van der Waals surface area contributed by atoms with E-state index < -0.39 is 12.0 Å². The highest BCUT2D eigenvalue weighted by Gasteiger charge is 2.42. The van der Waals surface area contributed by atoms with Gasteiger partial charge in [0.1, 0.15) is 18.1 Å². The summed E-state index contributed by atoms with van der Waals surface area (Å²) in [6, 6.07) is 24.3. The molecular weight excluding hydrogens is 550 g/mol. The van der Waals surface area contributed by atoms with Gasteiger partial charge in [0.05, 0.1) is 38.0 Å². The van der Waals surface area contributed by atoms with E-state index in [1.165, 1.54) is 11.8 Å². The van der Waals surface area contributed by atoms with Crippen LogP contribution < -0.4 is 9.47 Å². The molecule has 42 heavy (non-hydrogen) atoms. The molecule has 2 aliphatic rings. The van der Waals surface area contributed by atoms with Crippen LogP contribution in [-0.2, 0) is 27.5 Å². The molecule has 1 atom stereocenters. The zero-order valence-electron chi connectivity index (χ0n) is 24.1. The van der Waals surface area contributed by atoms with Gasteiger partial charge in [0.25, 0.3) is 0 Å². The smallest absolute Gasteiger partial charge is 0.338 e. The molecular formula is C33H33N3O5S. The van der Waals surface area contributed by atoms with E-state index in [1.54, 1.807) is 32.2 Å². The highest BCUT2D eigenvalue weighted by molar-refractivity contribution is 8.16. The summed E-state index contributed by atoms with van der Waals surface area (Å²) in [5.74, 6) is 0.640. The topological polar surface area (TPSA) is 80.7 Å². The molecule has 0 radical (unpaired) electrons. The van der Waals surface area contributed by atoms with E-state index in [2.05, 4.69) is 0 Å². The molecule has 9 heteroatoms. The maximum atomic E-state index is 13.8. The number of carbonyl (C=O) groups is 2. The number of aliphatic imine (C=N–C) groups is 1. The fourth-order valence-electron chi connectivity index (χ4n) is 5.01. The molecule has 0 spiro atoms. The van der Waals surface area contributed by atoms with Crippen LogP contribution in [0.4, 0.5) is 0 Å². The van der Waals surface area contributed by atoms with Crippen molar-refractivity contribution in [1.82, 2.24) is 9.80 Å². The van der Waals surface area contributed by atoms with E-state index in [4.69, 9.17) is 19.2 Å². The number of thioether (sulfide) groups is 1. The molecule has 216 valence electrons. The summed E-state index contributed by atoms with van der Waals surface area (Å²) in [5, 5.41) is 2.62. The molecule has 0 saturated carbocycles. The Morgan fingerprint density at radius 3 is 2.31 bits per heavy atom. The zero-order chi connectivity index (χ0) is 29.6. The van der Waals surface area contributed by atoms with Crippen LogP contribution in [0.3, 0.4) is 0 Å². The van der Waals surface area contributed by atoms with E-state index >= 15 is 0 Å². The van der Waals surface area contributed by atoms with Crippen LogP contribution in [-0.4, -0.2) is 48.1 Å². The summed E-state index contributed by atoms with van der Waals surface area (Å²) in [4.78, 5) is 35.6. The number of fused-ring (bicyclic) bond motifs is 1. The van der Waals surface area contributed by atoms with Gasteiger partial charge in [0.2, 0.25) is 5.91 Å². The van der Waals surface area contributed by atoms with Gasteiger partial charge < -0.3 is 24.0 Å². The van der Waals surface area contributed by atoms with Crippen molar-refractivity contribution in [2.75, 3.05) is 21.3 Å². The Kier molecular flexibility index (Phi) is 8.97. The van der Waals surface area contributed by atoms with Crippen LogP contribution >= 0.6 is 11.8 Å². The summed E-state index contributed by atoms with van der Waals surface area (Å²) in [5.41, 5.74) is 4.34. The van der Waals surface area contributed by atoms with E-state index in [0.29, 0.717) is 34.5 Å². The highest BCUT2D eigenvalue weighted by atomic mass is 32.2. The molecule has 0 aliphatic carbocycles. The van der Waals surface area contributed by atoms with Gasteiger partial charge in [0, 0.05) is 30.9 Å². The van der Waals surface area contributed by atoms with E-state index in [0.717, 1.165) is 22.4 Å². The Morgan fingerprint density at radius 1 is 0.952 bits per heavy atom. The summed E-state index contributed by atoms with van der Waals surface area (Å²) in [6.07, 6.45) is 0.135. The van der Waals surface area contributed by atoms with Crippen molar-refractivity contribution < 1.29 is 23.8 Å². The van der Waals surface area contributed by atoms with Gasteiger partial charge in [0.15, 0.2) is 5.17 Å². The fraction of sp³-hybridized carbons (Fsp3) is 0.242. The fourth-order valence-corrected chi connectivity index (χ4v) is 5.97. The Hall–Kier alpha value is -4.50. The minimum absolute atomic E-state index is 0.0492. The molecule has 8 nitrogen and oxygen atoms in total. The molecule has 2 aliphatic heterocycles. The largest absolute Gasteiger partial charge is 0.497 e. The summed E-state index contributed by atoms with van der Waals surface area (Å²) in [6.45, 7) is 2.43. The van der Waals surface area contributed by atoms with Gasteiger partial charge >= 0.3 is 5.97 Å². The minimum atomic E-state index is -0.630. The van der Waals surface area contributed by atoms with Gasteiger partial charge in [-0.25, -0.2) is 9.79 Å². The van der Waals surface area contributed by atoms with Crippen LogP contribution in [0.2, 0.25) is 0 Å². The number of amidine groups is 1. The van der Waals surface area contributed by atoms with Gasteiger partial charge in [-0.15, -0.1) is 0 Å². The first-order valence-corrected chi connectivity index (χ1v) is 14.4. The molecule has 0 N–H and O–H groups in total. The number of carbonyl (C=O) groups excluding carboxylic acids is 2. The van der Waals surface area contributed by atoms with Gasteiger partial charge in [-0.3, -0.25) is 4.79 Å². The first-order valence-electron chi connectivity index (χ1n) is 13.5. The molecule has 0 bridgehead atoms. The number of ether oxygens (including phenoxy) is 3. The van der Waals surface area contributed by atoms with Gasteiger partial charge in [-0.2, -0.15) is 0 Å². The molecule has 0 saturated heterocycles. The lowest BCUT2D eigenvalue weighted by atomic mass is 9.93. The Labute approximate surface area is 250 Å². The van der Waals surface area contributed by atoms with Crippen molar-refractivity contribution in [3.05, 3.63) is 118 Å². The lowest BCUT2D eigenvalue weighted by Crippen LogP contribution is -2.38. The predicted molar refractivity (Wildman–Crippen MR) is 164 cm³/mol. The molecule has 0 unspecified atom stereocenters. The lowest BCUT2D eigenvalue weighted by Gasteiger charge is -2.37. The first kappa shape index (κ1) is 29.0. The number of esters is 1. The number of benzene rings is 3. The monoisotopic (exact) mass is 583 g/mol. The number of nitrogens with zero attached hydrogens (tertiary/aromatic N) is 3. The molecule has 3 aromatic rings. The predicted octanol–water partition coefficient (Wildman–Crippen LogP) is 6.07. The van der Waals surface area contributed by atoms with Crippen molar-refractivity contribution >= 4 is 28.8 Å². The zero-order valence-corrected chi connectivity index (χ0v) is 24.9. The van der Waals surface area contributed by atoms with E-state index in [9.17, 15) is 9.59 Å². The normalized spacial score (nSPS) is 15.9. The van der Waals surface area contributed by atoms with E-state index in [-0.39, 0.29) is 18.9 Å². The molecule has 3 aromatic carbocycles. The molecule has 1 amide bonds. The van der Waals surface area contributed by atoms with Crippen molar-refractivity contribution in [3.63, 3.8) is 0 Å². The number of allylic oxidation sites excluding steroid dienone is 1. The first-order chi connectivity index (χ1) is 20.4. The second-order valence-corrected chi connectivity index (χ2v) is 10.8. The third kappa shape index (κ3) is 6.21. The van der Waals surface area contributed by atoms with E-state index in [1.807, 2.05) is 90.0 Å². The Balaban J connectivity index is 1.48. The lowest BCUT2D eigenvalue weighted by molar-refractivity contribution is -0.141. The third-order valence-electron chi connectivity index (χ3n) is 7.19. The van der Waals surface area contributed by atoms with Crippen LogP contribution in [0.25, 0.3) is 0 Å². The standard InChI is InChI=1S/C33H33N3O5S/c1-22-30(32(38)41-20-24-13-9-6-10-14-24)31(27-16-15-26(39-3)18-28(27)40-4)36-25(21-42-33(36)34-22)17-29(37)35(2)19-23-11-7-5-8-12-23/h5-16,18,21,31H,17,19-20H2,1-4H3/t31-/m1/s1. The number of amides is 1. The maximum Gasteiger partial charge on any atom is 0.338 e. The molecule has 0 fully saturated rings. The van der Waals surface area contributed by atoms with Gasteiger partial charge in [-0.1, -0.05) is 72.4 Å². The SMILES string of the molecule is COc1ccc([C@@H]2C(C(=O)OCc3ccccc3)=C(C)N=C3SC=C(CC(=O)N(C)Cc4ccccc4)N32)c(OC)c1. The van der Waals surface area contributed by atoms with Crippen molar-refractivity contribution in [1.29, 1.82) is 0 Å². The van der Waals surface area contributed by atoms with Crippen LogP contribution in [0, 0.1) is 0 Å². The highest BCUT2D eigenvalue weighted by Crippen LogP contribution is 2.47. The quantitative estimate of drug-likeness (QED) is 0.268. The summed E-state index contributed by atoms with van der Waals surface area (Å²) < 4.78 is 17.0. The molecule has 5 rings (SSSR count). The average molecular weight is 584 g/mol. The second kappa shape index (κ2) is 13.0. The number of methoxy groups -OCH3 is 2. The second-order valence-electron chi connectivity index (χ2n) is 9.97. The number of rotatable bonds is 10.